The summed E-state index contributed by atoms with van der Waals surface area (Å²) in [5.74, 6) is 0.0776. The lowest BCUT2D eigenvalue weighted by Gasteiger charge is -2.13. The number of anilines is 1. The predicted octanol–water partition coefficient (Wildman–Crippen LogP) is 4.19. The first-order chi connectivity index (χ1) is 7.82. The van der Waals surface area contributed by atoms with Crippen molar-refractivity contribution in [2.75, 3.05) is 5.32 Å². The summed E-state index contributed by atoms with van der Waals surface area (Å²) in [6.07, 6.45) is 3.17. The van der Waals surface area contributed by atoms with E-state index in [9.17, 15) is 4.79 Å². The van der Waals surface area contributed by atoms with Crippen LogP contribution in [-0.4, -0.2) is 5.78 Å². The van der Waals surface area contributed by atoms with Crippen LogP contribution in [0.4, 0.5) is 5.69 Å². The molecule has 17 heavy (non-hydrogen) atoms. The minimum Gasteiger partial charge on any atom is -0.360 e. The van der Waals surface area contributed by atoms with E-state index in [2.05, 4.69) is 5.32 Å². The maximum Gasteiger partial charge on any atom is 0.162 e. The molecular weight excluding hydrogens is 234 g/mol. The van der Waals surface area contributed by atoms with Crippen molar-refractivity contribution in [3.05, 3.63) is 41.1 Å². The van der Waals surface area contributed by atoms with Gasteiger partial charge in [0, 0.05) is 11.6 Å². The smallest absolute Gasteiger partial charge is 0.162 e. The summed E-state index contributed by atoms with van der Waals surface area (Å²) in [4.78, 5) is 11.6. The molecule has 3 heteroatoms. The fourth-order valence-corrected chi connectivity index (χ4v) is 1.40. The largest absolute Gasteiger partial charge is 0.360 e. The summed E-state index contributed by atoms with van der Waals surface area (Å²) in [6, 6.07) is 5.74. The minimum atomic E-state index is -0.353. The van der Waals surface area contributed by atoms with Gasteiger partial charge in [0.1, 0.15) is 0 Å². The molecule has 2 nitrogen and oxygen atoms in total. The van der Waals surface area contributed by atoms with Gasteiger partial charge < -0.3 is 5.32 Å². The van der Waals surface area contributed by atoms with Gasteiger partial charge >= 0.3 is 0 Å². The van der Waals surface area contributed by atoms with Crippen molar-refractivity contribution in [2.45, 2.75) is 27.7 Å². The number of carbonyl (C=O) groups excluding carboxylic acids is 1. The molecule has 0 aromatic heterocycles. The maximum atomic E-state index is 11.6. The van der Waals surface area contributed by atoms with Gasteiger partial charge in [-0.15, -0.1) is 0 Å². The zero-order chi connectivity index (χ0) is 13.1. The van der Waals surface area contributed by atoms with E-state index in [-0.39, 0.29) is 11.2 Å². The van der Waals surface area contributed by atoms with Crippen LogP contribution in [0.5, 0.6) is 0 Å². The predicted molar refractivity (Wildman–Crippen MR) is 73.4 cm³/mol. The van der Waals surface area contributed by atoms with Crippen LogP contribution >= 0.6 is 11.6 Å². The molecule has 0 heterocycles. The molecule has 0 atom stereocenters. The fourth-order valence-electron chi connectivity index (χ4n) is 1.22. The average molecular weight is 252 g/mol. The third-order valence-electron chi connectivity index (χ3n) is 2.40. The number of ketones is 1. The molecule has 0 unspecified atom stereocenters. The highest BCUT2D eigenvalue weighted by molar-refractivity contribution is 6.34. The molecule has 0 aliphatic carbocycles. The Hall–Kier alpha value is -1.28. The Morgan fingerprint density at radius 3 is 2.59 bits per heavy atom. The lowest BCUT2D eigenvalue weighted by atomic mass is 9.91. The van der Waals surface area contributed by atoms with Crippen molar-refractivity contribution in [2.24, 2.45) is 5.41 Å². The molecule has 0 bridgehead atoms. The molecule has 0 amide bonds. The van der Waals surface area contributed by atoms with E-state index in [0.29, 0.717) is 5.02 Å². The van der Waals surface area contributed by atoms with Gasteiger partial charge in [-0.2, -0.15) is 0 Å². The Bertz CT molecular complexity index is 444. The zero-order valence-electron chi connectivity index (χ0n) is 10.7. The van der Waals surface area contributed by atoms with Crippen molar-refractivity contribution in [3.63, 3.8) is 0 Å². The van der Waals surface area contributed by atoms with E-state index in [4.69, 9.17) is 11.6 Å². The lowest BCUT2D eigenvalue weighted by molar-refractivity contribution is -0.121. The molecule has 1 N–H and O–H groups in total. The number of benzene rings is 1. The van der Waals surface area contributed by atoms with Crippen LogP contribution in [0.25, 0.3) is 0 Å². The molecule has 0 saturated carbocycles. The normalized spacial score (nSPS) is 11.8. The molecule has 0 spiro atoms. The molecule has 0 aliphatic rings. The molecule has 1 aromatic rings. The highest BCUT2D eigenvalue weighted by atomic mass is 35.5. The van der Waals surface area contributed by atoms with Gasteiger partial charge in [0.15, 0.2) is 5.78 Å². The van der Waals surface area contributed by atoms with Crippen molar-refractivity contribution in [1.82, 2.24) is 0 Å². The number of rotatable bonds is 3. The molecule has 92 valence electrons. The second kappa shape index (κ2) is 5.37. The summed E-state index contributed by atoms with van der Waals surface area (Å²) in [7, 11) is 0. The third-order valence-corrected chi connectivity index (χ3v) is 2.91. The zero-order valence-corrected chi connectivity index (χ0v) is 11.4. The molecular formula is C14H18ClNO. The molecule has 0 fully saturated rings. The first-order valence-corrected chi connectivity index (χ1v) is 5.93. The molecule has 0 saturated heterocycles. The van der Waals surface area contributed by atoms with Crippen LogP contribution in [0.3, 0.4) is 0 Å². The van der Waals surface area contributed by atoms with Crippen molar-refractivity contribution >= 4 is 23.1 Å². The lowest BCUT2D eigenvalue weighted by Crippen LogP contribution is -2.17. The molecule has 0 radical (unpaired) electrons. The second-order valence-electron chi connectivity index (χ2n) is 5.03. The number of aryl methyl sites for hydroxylation is 1. The molecule has 1 aromatic carbocycles. The van der Waals surface area contributed by atoms with Gasteiger partial charge in [0.2, 0.25) is 0 Å². The topological polar surface area (TPSA) is 29.1 Å². The van der Waals surface area contributed by atoms with E-state index in [1.807, 2.05) is 45.9 Å². The summed E-state index contributed by atoms with van der Waals surface area (Å²) in [5.41, 5.74) is 1.46. The summed E-state index contributed by atoms with van der Waals surface area (Å²) in [5, 5.41) is 3.70. The van der Waals surface area contributed by atoms with Crippen LogP contribution in [-0.2, 0) is 4.79 Å². The molecule has 0 aliphatic heterocycles. The Balaban J connectivity index is 2.72. The van der Waals surface area contributed by atoms with Gasteiger partial charge in [0.05, 0.1) is 10.7 Å². The first-order valence-electron chi connectivity index (χ1n) is 5.55. The van der Waals surface area contributed by atoms with Gasteiger partial charge in [0.25, 0.3) is 0 Å². The summed E-state index contributed by atoms with van der Waals surface area (Å²) < 4.78 is 0. The van der Waals surface area contributed by atoms with Crippen LogP contribution in [0.2, 0.25) is 5.02 Å². The highest BCUT2D eigenvalue weighted by Gasteiger charge is 2.17. The van der Waals surface area contributed by atoms with Crippen molar-refractivity contribution < 1.29 is 4.79 Å². The van der Waals surface area contributed by atoms with E-state index in [1.165, 1.54) is 0 Å². The third kappa shape index (κ3) is 3.90. The average Bonchev–Trinajstić information content (AvgIpc) is 2.22. The van der Waals surface area contributed by atoms with Crippen molar-refractivity contribution in [3.8, 4) is 0 Å². The maximum absolute atomic E-state index is 11.6. The summed E-state index contributed by atoms with van der Waals surface area (Å²) >= 11 is 6.12. The first kappa shape index (κ1) is 13.8. The SMILES string of the molecule is Cc1cccc(N/C=C/C(=O)C(C)(C)C)c1Cl. The van der Waals surface area contributed by atoms with Crippen molar-refractivity contribution in [1.29, 1.82) is 0 Å². The van der Waals surface area contributed by atoms with Crippen LogP contribution < -0.4 is 5.32 Å². The monoisotopic (exact) mass is 251 g/mol. The van der Waals surface area contributed by atoms with E-state index >= 15 is 0 Å². The van der Waals surface area contributed by atoms with E-state index in [1.54, 1.807) is 12.3 Å². The summed E-state index contributed by atoms with van der Waals surface area (Å²) in [6.45, 7) is 7.61. The van der Waals surface area contributed by atoms with Gasteiger partial charge in [-0.1, -0.05) is 44.5 Å². The number of allylic oxidation sites excluding steroid dienone is 1. The fraction of sp³-hybridized carbons (Fsp3) is 0.357. The number of nitrogens with one attached hydrogen (secondary N) is 1. The Labute approximate surface area is 108 Å². The van der Waals surface area contributed by atoms with Crippen LogP contribution in [0.15, 0.2) is 30.5 Å². The Morgan fingerprint density at radius 1 is 1.35 bits per heavy atom. The van der Waals surface area contributed by atoms with Crippen LogP contribution in [0, 0.1) is 12.3 Å². The highest BCUT2D eigenvalue weighted by Crippen LogP contribution is 2.25. The van der Waals surface area contributed by atoms with Gasteiger partial charge in [-0.25, -0.2) is 0 Å². The van der Waals surface area contributed by atoms with Gasteiger partial charge in [-0.05, 0) is 24.6 Å². The Morgan fingerprint density at radius 2 is 2.00 bits per heavy atom. The standard InChI is InChI=1S/C14H18ClNO/c1-10-6-5-7-11(13(10)15)16-9-8-12(17)14(2,3)4/h5-9,16H,1-4H3/b9-8+. The molecule has 1 rings (SSSR count). The van der Waals surface area contributed by atoms with E-state index in [0.717, 1.165) is 11.3 Å². The van der Waals surface area contributed by atoms with Crippen LogP contribution in [0.1, 0.15) is 26.3 Å². The number of carbonyl (C=O) groups is 1. The van der Waals surface area contributed by atoms with Gasteiger partial charge in [-0.3, -0.25) is 4.79 Å². The second-order valence-corrected chi connectivity index (χ2v) is 5.41. The number of halogens is 1. The number of hydrogen-bond donors (Lipinski definition) is 1. The quantitative estimate of drug-likeness (QED) is 0.817. The van der Waals surface area contributed by atoms with E-state index < -0.39 is 0 Å². The Kier molecular flexibility index (Phi) is 4.35. The minimum absolute atomic E-state index is 0.0776. The number of hydrogen-bond acceptors (Lipinski definition) is 2.